The fourth-order valence-corrected chi connectivity index (χ4v) is 5.40. The second-order valence-electron chi connectivity index (χ2n) is 9.92. The van der Waals surface area contributed by atoms with Gasteiger partial charge in [-0.15, -0.1) is 0 Å². The molecule has 0 fully saturated rings. The van der Waals surface area contributed by atoms with Crippen LogP contribution in [0.4, 0.5) is 11.4 Å². The predicted molar refractivity (Wildman–Crippen MR) is 159 cm³/mol. The molecule has 6 rings (SSSR count). The molecule has 5 aromatic rings. The number of allylic oxidation sites excluding steroid dienone is 4. The minimum atomic E-state index is 0.589. The van der Waals surface area contributed by atoms with Crippen molar-refractivity contribution in [1.82, 2.24) is 0 Å². The number of benzene rings is 5. The maximum absolute atomic E-state index is 2.47. The van der Waals surface area contributed by atoms with Gasteiger partial charge in [0.05, 0.1) is 5.69 Å². The summed E-state index contributed by atoms with van der Waals surface area (Å²) in [4.78, 5) is 2.47. The van der Waals surface area contributed by atoms with Crippen molar-refractivity contribution in [2.24, 2.45) is 5.92 Å². The Labute approximate surface area is 220 Å². The number of anilines is 2. The molecule has 0 heterocycles. The highest BCUT2D eigenvalue weighted by molar-refractivity contribution is 6.05. The summed E-state index contributed by atoms with van der Waals surface area (Å²) < 4.78 is 0. The third kappa shape index (κ3) is 4.73. The number of hydrogen-bond donors (Lipinski definition) is 0. The summed E-state index contributed by atoms with van der Waals surface area (Å²) in [6.45, 7) is 2.34. The highest BCUT2D eigenvalue weighted by Gasteiger charge is 2.21. The Morgan fingerprint density at radius 3 is 1.95 bits per heavy atom. The van der Waals surface area contributed by atoms with Crippen molar-refractivity contribution in [2.75, 3.05) is 4.90 Å². The van der Waals surface area contributed by atoms with Crippen LogP contribution in [-0.2, 0) is 0 Å². The van der Waals surface area contributed by atoms with Crippen molar-refractivity contribution < 1.29 is 0 Å². The monoisotopic (exact) mass is 477 g/mol. The normalized spacial score (nSPS) is 15.3. The Morgan fingerprint density at radius 2 is 1.22 bits per heavy atom. The van der Waals surface area contributed by atoms with E-state index in [1.165, 1.54) is 50.1 Å². The summed E-state index contributed by atoms with van der Waals surface area (Å²) in [7, 11) is 0. The molecule has 0 radical (unpaired) electrons. The summed E-state index contributed by atoms with van der Waals surface area (Å²) >= 11 is 0. The van der Waals surface area contributed by atoms with E-state index in [9.17, 15) is 0 Å². The van der Waals surface area contributed by atoms with Crippen LogP contribution < -0.4 is 4.90 Å². The molecule has 0 saturated carbocycles. The van der Waals surface area contributed by atoms with E-state index in [1.807, 2.05) is 0 Å². The van der Waals surface area contributed by atoms with Crippen LogP contribution in [0.2, 0.25) is 0 Å². The van der Waals surface area contributed by atoms with Crippen molar-refractivity contribution in [2.45, 2.75) is 19.8 Å². The van der Waals surface area contributed by atoms with Crippen LogP contribution in [0.15, 0.2) is 145 Å². The molecule has 0 aromatic heterocycles. The van der Waals surface area contributed by atoms with E-state index in [0.717, 1.165) is 12.8 Å². The molecule has 1 nitrogen and oxygen atoms in total. The van der Waals surface area contributed by atoms with Crippen LogP contribution in [-0.4, -0.2) is 0 Å². The number of fused-ring (bicyclic) bond motifs is 1. The van der Waals surface area contributed by atoms with Crippen molar-refractivity contribution in [1.29, 1.82) is 0 Å². The van der Waals surface area contributed by atoms with Gasteiger partial charge in [0.15, 0.2) is 0 Å². The molecule has 0 aliphatic heterocycles. The maximum Gasteiger partial charge on any atom is 0.0537 e. The van der Waals surface area contributed by atoms with Gasteiger partial charge in [0.2, 0.25) is 0 Å². The molecular formula is C36H31N. The number of rotatable bonds is 5. The van der Waals surface area contributed by atoms with Gasteiger partial charge in [-0.2, -0.15) is 0 Å². The van der Waals surface area contributed by atoms with Gasteiger partial charge >= 0.3 is 0 Å². The second-order valence-corrected chi connectivity index (χ2v) is 9.92. The largest absolute Gasteiger partial charge is 0.314 e. The van der Waals surface area contributed by atoms with Crippen molar-refractivity contribution in [3.05, 3.63) is 145 Å². The first-order valence-electron chi connectivity index (χ1n) is 13.2. The van der Waals surface area contributed by atoms with Gasteiger partial charge in [-0.05, 0) is 70.7 Å². The molecule has 0 unspecified atom stereocenters. The predicted octanol–water partition coefficient (Wildman–Crippen LogP) is 10.2. The molecule has 5 aromatic carbocycles. The second kappa shape index (κ2) is 10.3. The smallest absolute Gasteiger partial charge is 0.0537 e. The van der Waals surface area contributed by atoms with Gasteiger partial charge in [0, 0.05) is 16.8 Å². The Hall–Kier alpha value is -4.36. The van der Waals surface area contributed by atoms with Gasteiger partial charge in [-0.25, -0.2) is 0 Å². The first-order chi connectivity index (χ1) is 18.3. The van der Waals surface area contributed by atoms with E-state index in [0.29, 0.717) is 5.92 Å². The van der Waals surface area contributed by atoms with Gasteiger partial charge < -0.3 is 4.90 Å². The van der Waals surface area contributed by atoms with Crippen molar-refractivity contribution in [3.63, 3.8) is 0 Å². The quantitative estimate of drug-likeness (QED) is 0.243. The van der Waals surface area contributed by atoms with Crippen LogP contribution in [0.25, 0.3) is 33.0 Å². The van der Waals surface area contributed by atoms with Crippen LogP contribution in [0.3, 0.4) is 0 Å². The standard InChI is InChI=1S/C36H31N/c1-27-12-8-9-17-32(26-27)37(31-22-20-29(21-23-31)28-13-4-2-5-14-28)36-25-24-33(30-15-6-3-7-16-30)34-18-10-11-19-35(34)36/h2-11,13-25,27H,12,26H2,1H3/t27-/m0/s1. The zero-order valence-electron chi connectivity index (χ0n) is 21.2. The van der Waals surface area contributed by atoms with E-state index in [1.54, 1.807) is 0 Å². The minimum Gasteiger partial charge on any atom is -0.314 e. The Bertz CT molecular complexity index is 1560. The van der Waals surface area contributed by atoms with Crippen LogP contribution in [0, 0.1) is 5.92 Å². The molecule has 37 heavy (non-hydrogen) atoms. The lowest BCUT2D eigenvalue weighted by Crippen LogP contribution is -2.18. The topological polar surface area (TPSA) is 3.24 Å². The van der Waals surface area contributed by atoms with Crippen molar-refractivity contribution >= 4 is 22.1 Å². The number of hydrogen-bond acceptors (Lipinski definition) is 1. The van der Waals surface area contributed by atoms with E-state index >= 15 is 0 Å². The lowest BCUT2D eigenvalue weighted by Gasteiger charge is -2.30. The summed E-state index contributed by atoms with van der Waals surface area (Å²) in [5.41, 5.74) is 8.71. The molecule has 1 aliphatic rings. The molecule has 1 atom stereocenters. The van der Waals surface area contributed by atoms with Gasteiger partial charge in [-0.1, -0.05) is 122 Å². The van der Waals surface area contributed by atoms with Gasteiger partial charge in [0.25, 0.3) is 0 Å². The van der Waals surface area contributed by atoms with E-state index in [-0.39, 0.29) is 0 Å². The average Bonchev–Trinajstić information content (AvgIpc) is 3.18. The van der Waals surface area contributed by atoms with E-state index in [2.05, 4.69) is 151 Å². The third-order valence-corrected chi connectivity index (χ3v) is 7.27. The highest BCUT2D eigenvalue weighted by atomic mass is 15.1. The molecular weight excluding hydrogens is 446 g/mol. The summed E-state index contributed by atoms with van der Waals surface area (Å²) in [6, 6.07) is 43.7. The first-order valence-corrected chi connectivity index (χ1v) is 13.2. The third-order valence-electron chi connectivity index (χ3n) is 7.27. The molecule has 0 saturated heterocycles. The van der Waals surface area contributed by atoms with Gasteiger partial charge in [-0.3, -0.25) is 0 Å². The van der Waals surface area contributed by atoms with Crippen LogP contribution in [0.5, 0.6) is 0 Å². The molecule has 1 heteroatoms. The fraction of sp³-hybridized carbons (Fsp3) is 0.111. The molecule has 1 aliphatic carbocycles. The zero-order valence-corrected chi connectivity index (χ0v) is 21.2. The summed E-state index contributed by atoms with van der Waals surface area (Å²) in [5.74, 6) is 0.589. The number of nitrogens with zero attached hydrogens (tertiary/aromatic N) is 1. The Kier molecular flexibility index (Phi) is 6.44. The Balaban J connectivity index is 1.52. The highest BCUT2D eigenvalue weighted by Crippen LogP contribution is 2.41. The molecule has 0 bridgehead atoms. The SMILES string of the molecule is C[C@H]1CC=CC=C(N(c2ccc(-c3ccccc3)cc2)c2ccc(-c3ccccc3)c3ccccc23)C1. The van der Waals surface area contributed by atoms with Gasteiger partial charge in [0.1, 0.15) is 0 Å². The maximum atomic E-state index is 2.47. The van der Waals surface area contributed by atoms with Crippen molar-refractivity contribution in [3.8, 4) is 22.3 Å². The van der Waals surface area contributed by atoms with E-state index in [4.69, 9.17) is 0 Å². The molecule has 0 spiro atoms. The molecule has 0 amide bonds. The summed E-state index contributed by atoms with van der Waals surface area (Å²) in [5, 5.41) is 2.53. The molecule has 180 valence electrons. The average molecular weight is 478 g/mol. The lowest BCUT2D eigenvalue weighted by atomic mass is 9.95. The first kappa shape index (κ1) is 23.1. The van der Waals surface area contributed by atoms with Crippen LogP contribution >= 0.6 is 0 Å². The van der Waals surface area contributed by atoms with Crippen LogP contribution in [0.1, 0.15) is 19.8 Å². The van der Waals surface area contributed by atoms with E-state index < -0.39 is 0 Å². The Morgan fingerprint density at radius 1 is 0.595 bits per heavy atom. The lowest BCUT2D eigenvalue weighted by molar-refractivity contribution is 0.585. The minimum absolute atomic E-state index is 0.589. The fourth-order valence-electron chi connectivity index (χ4n) is 5.40. The zero-order chi connectivity index (χ0) is 25.0. The summed E-state index contributed by atoms with van der Waals surface area (Å²) in [6.07, 6.45) is 8.96. The molecule has 0 N–H and O–H groups in total.